The molecule has 3 heteroatoms. The monoisotopic (exact) mass is 179 g/mol. The van der Waals surface area contributed by atoms with Crippen molar-refractivity contribution < 1.29 is 9.53 Å². The van der Waals surface area contributed by atoms with Crippen LogP contribution in [0.15, 0.2) is 30.3 Å². The first kappa shape index (κ1) is 9.58. The van der Waals surface area contributed by atoms with Crippen molar-refractivity contribution in [3.8, 4) is 5.75 Å². The van der Waals surface area contributed by atoms with E-state index in [9.17, 15) is 4.79 Å². The van der Waals surface area contributed by atoms with Crippen LogP contribution in [0.2, 0.25) is 0 Å². The number of para-hydroxylation sites is 1. The Hall–Kier alpha value is -1.51. The number of carbonyl (C=O) groups is 1. The molecule has 0 unspecified atom stereocenters. The Balaban J connectivity index is 2.10. The van der Waals surface area contributed by atoms with Gasteiger partial charge in [0.05, 0.1) is 6.61 Å². The van der Waals surface area contributed by atoms with Crippen LogP contribution in [0.5, 0.6) is 5.75 Å². The lowest BCUT2D eigenvalue weighted by Gasteiger charge is -2.04. The molecule has 0 saturated carbocycles. The average molecular weight is 179 g/mol. The summed E-state index contributed by atoms with van der Waals surface area (Å²) < 4.78 is 5.40. The van der Waals surface area contributed by atoms with Crippen LogP contribution < -0.4 is 10.1 Å². The molecule has 0 aliphatic heterocycles. The maximum Gasteiger partial charge on any atom is 0.207 e. The summed E-state index contributed by atoms with van der Waals surface area (Å²) in [6, 6.07) is 9.62. The zero-order chi connectivity index (χ0) is 9.36. The summed E-state index contributed by atoms with van der Waals surface area (Å²) in [6.07, 6.45) is 1.52. The van der Waals surface area contributed by atoms with Crippen LogP contribution in [-0.4, -0.2) is 19.6 Å². The van der Waals surface area contributed by atoms with Gasteiger partial charge in [0.1, 0.15) is 5.75 Å². The predicted molar refractivity (Wildman–Crippen MR) is 50.6 cm³/mol. The molecule has 0 saturated heterocycles. The first-order valence-corrected chi connectivity index (χ1v) is 4.28. The van der Waals surface area contributed by atoms with Crippen LogP contribution in [0, 0.1) is 0 Å². The molecule has 0 atom stereocenters. The van der Waals surface area contributed by atoms with Crippen molar-refractivity contribution in [3.63, 3.8) is 0 Å². The summed E-state index contributed by atoms with van der Waals surface area (Å²) in [4.78, 5) is 9.89. The second-order valence-corrected chi connectivity index (χ2v) is 2.59. The van der Waals surface area contributed by atoms with Crippen LogP contribution in [0.25, 0.3) is 0 Å². The van der Waals surface area contributed by atoms with E-state index in [0.717, 1.165) is 12.2 Å². The number of hydrogen-bond acceptors (Lipinski definition) is 2. The van der Waals surface area contributed by atoms with E-state index in [-0.39, 0.29) is 0 Å². The van der Waals surface area contributed by atoms with Gasteiger partial charge >= 0.3 is 0 Å². The fourth-order valence-electron chi connectivity index (χ4n) is 0.940. The standard InChI is InChI=1S/C10H13NO2/c12-9-11-7-4-8-13-10-5-2-1-3-6-10/h1-3,5-6,9H,4,7-8H2,(H,11,12). The third-order valence-corrected chi connectivity index (χ3v) is 1.56. The van der Waals surface area contributed by atoms with Gasteiger partial charge in [-0.2, -0.15) is 0 Å². The van der Waals surface area contributed by atoms with E-state index in [2.05, 4.69) is 5.32 Å². The van der Waals surface area contributed by atoms with Gasteiger partial charge in [0.2, 0.25) is 6.41 Å². The molecule has 0 aliphatic rings. The minimum absolute atomic E-state index is 0.630. The molecule has 0 spiro atoms. The van der Waals surface area contributed by atoms with Crippen molar-refractivity contribution in [1.82, 2.24) is 5.32 Å². The minimum Gasteiger partial charge on any atom is -0.494 e. The maximum absolute atomic E-state index is 9.89. The minimum atomic E-state index is 0.630. The van der Waals surface area contributed by atoms with Crippen LogP contribution in [0.4, 0.5) is 0 Å². The smallest absolute Gasteiger partial charge is 0.207 e. The summed E-state index contributed by atoms with van der Waals surface area (Å²) >= 11 is 0. The molecule has 1 amide bonds. The van der Waals surface area contributed by atoms with Crippen molar-refractivity contribution in [2.75, 3.05) is 13.2 Å². The Morgan fingerprint density at radius 2 is 2.08 bits per heavy atom. The number of carbonyl (C=O) groups excluding carboxylic acids is 1. The highest BCUT2D eigenvalue weighted by Crippen LogP contribution is 2.07. The van der Waals surface area contributed by atoms with Crippen LogP contribution >= 0.6 is 0 Å². The van der Waals surface area contributed by atoms with E-state index >= 15 is 0 Å². The summed E-state index contributed by atoms with van der Waals surface area (Å²) in [5.74, 6) is 0.869. The highest BCUT2D eigenvalue weighted by Gasteiger charge is 1.90. The van der Waals surface area contributed by atoms with Gasteiger partial charge in [0, 0.05) is 6.54 Å². The number of amides is 1. The van der Waals surface area contributed by atoms with E-state index in [1.165, 1.54) is 0 Å². The van der Waals surface area contributed by atoms with Gasteiger partial charge in [-0.3, -0.25) is 4.79 Å². The van der Waals surface area contributed by atoms with Gasteiger partial charge in [0.15, 0.2) is 0 Å². The molecule has 0 heterocycles. The second-order valence-electron chi connectivity index (χ2n) is 2.59. The van der Waals surface area contributed by atoms with Gasteiger partial charge in [-0.05, 0) is 18.6 Å². The Morgan fingerprint density at radius 1 is 1.31 bits per heavy atom. The quantitative estimate of drug-likeness (QED) is 0.526. The van der Waals surface area contributed by atoms with Gasteiger partial charge in [-0.15, -0.1) is 0 Å². The summed E-state index contributed by atoms with van der Waals surface area (Å²) in [7, 11) is 0. The normalized spacial score (nSPS) is 9.23. The van der Waals surface area contributed by atoms with Gasteiger partial charge in [0.25, 0.3) is 0 Å². The molecule has 0 aromatic heterocycles. The Labute approximate surface area is 77.7 Å². The third-order valence-electron chi connectivity index (χ3n) is 1.56. The first-order chi connectivity index (χ1) is 6.43. The highest BCUT2D eigenvalue weighted by atomic mass is 16.5. The van der Waals surface area contributed by atoms with E-state index in [1.54, 1.807) is 0 Å². The number of nitrogens with one attached hydrogen (secondary N) is 1. The highest BCUT2D eigenvalue weighted by molar-refractivity contribution is 5.45. The second kappa shape index (κ2) is 6.06. The van der Waals surface area contributed by atoms with E-state index in [1.807, 2.05) is 30.3 Å². The molecule has 1 aromatic rings. The average Bonchev–Trinajstić information content (AvgIpc) is 2.19. The summed E-state index contributed by atoms with van der Waals surface area (Å²) in [5.41, 5.74) is 0. The Morgan fingerprint density at radius 3 is 2.77 bits per heavy atom. The SMILES string of the molecule is O=CNCCCOc1ccccc1. The van der Waals surface area contributed by atoms with Crippen molar-refractivity contribution in [2.45, 2.75) is 6.42 Å². The Bertz CT molecular complexity index is 236. The number of benzene rings is 1. The lowest BCUT2D eigenvalue weighted by molar-refractivity contribution is -0.109. The molecule has 0 aliphatic carbocycles. The molecule has 70 valence electrons. The largest absolute Gasteiger partial charge is 0.494 e. The maximum atomic E-state index is 9.89. The Kier molecular flexibility index (Phi) is 4.46. The summed E-state index contributed by atoms with van der Waals surface area (Å²) in [5, 5.41) is 2.57. The fourth-order valence-corrected chi connectivity index (χ4v) is 0.940. The summed E-state index contributed by atoms with van der Waals surface area (Å²) in [6.45, 7) is 1.29. The lowest BCUT2D eigenvalue weighted by Crippen LogP contribution is -2.14. The first-order valence-electron chi connectivity index (χ1n) is 4.28. The predicted octanol–water partition coefficient (Wildman–Crippen LogP) is 1.20. The number of hydrogen-bond donors (Lipinski definition) is 1. The van der Waals surface area contributed by atoms with Crippen LogP contribution in [0.1, 0.15) is 6.42 Å². The van der Waals surface area contributed by atoms with Crippen molar-refractivity contribution in [2.24, 2.45) is 0 Å². The molecular weight excluding hydrogens is 166 g/mol. The molecule has 1 aromatic carbocycles. The van der Waals surface area contributed by atoms with Crippen LogP contribution in [-0.2, 0) is 4.79 Å². The third kappa shape index (κ3) is 4.15. The lowest BCUT2D eigenvalue weighted by atomic mass is 10.3. The van der Waals surface area contributed by atoms with Crippen LogP contribution in [0.3, 0.4) is 0 Å². The molecule has 13 heavy (non-hydrogen) atoms. The number of rotatable bonds is 6. The zero-order valence-corrected chi connectivity index (χ0v) is 7.40. The molecule has 0 fully saturated rings. The van der Waals surface area contributed by atoms with E-state index in [0.29, 0.717) is 19.6 Å². The molecular formula is C10H13NO2. The molecule has 1 N–H and O–H groups in total. The van der Waals surface area contributed by atoms with E-state index < -0.39 is 0 Å². The molecule has 1 rings (SSSR count). The topological polar surface area (TPSA) is 38.3 Å². The van der Waals surface area contributed by atoms with Crippen molar-refractivity contribution >= 4 is 6.41 Å². The molecule has 0 bridgehead atoms. The zero-order valence-electron chi connectivity index (χ0n) is 7.40. The van der Waals surface area contributed by atoms with Crippen molar-refractivity contribution in [1.29, 1.82) is 0 Å². The van der Waals surface area contributed by atoms with Crippen molar-refractivity contribution in [3.05, 3.63) is 30.3 Å². The fraction of sp³-hybridized carbons (Fsp3) is 0.300. The van der Waals surface area contributed by atoms with Gasteiger partial charge in [-0.25, -0.2) is 0 Å². The molecule has 3 nitrogen and oxygen atoms in total. The van der Waals surface area contributed by atoms with Gasteiger partial charge < -0.3 is 10.1 Å². The number of ether oxygens (including phenoxy) is 1. The molecule has 0 radical (unpaired) electrons. The van der Waals surface area contributed by atoms with Gasteiger partial charge in [-0.1, -0.05) is 18.2 Å². The van der Waals surface area contributed by atoms with E-state index in [4.69, 9.17) is 4.74 Å².